The Hall–Kier alpha value is -8.98. The van der Waals surface area contributed by atoms with Crippen molar-refractivity contribution in [3.8, 4) is 39.1 Å². The highest BCUT2D eigenvalue weighted by atomic mass is 15.2. The number of rotatable bonds is 6. The molecule has 0 amide bonds. The first-order valence-corrected chi connectivity index (χ1v) is 24.4. The molecule has 3 aliphatic rings. The van der Waals surface area contributed by atoms with Crippen molar-refractivity contribution < 1.29 is 0 Å². The lowest BCUT2D eigenvalue weighted by Gasteiger charge is -2.40. The van der Waals surface area contributed by atoms with Crippen molar-refractivity contribution in [2.24, 2.45) is 0 Å². The number of anilines is 3. The van der Waals surface area contributed by atoms with Crippen LogP contribution < -0.4 is 4.90 Å². The quantitative estimate of drug-likeness (QED) is 0.161. The van der Waals surface area contributed by atoms with Gasteiger partial charge in [0.2, 0.25) is 0 Å². The molecule has 2 nitrogen and oxygen atoms in total. The predicted molar refractivity (Wildman–Crippen MR) is 289 cm³/mol. The molecule has 2 aliphatic carbocycles. The van der Waals surface area contributed by atoms with Gasteiger partial charge in [-0.15, -0.1) is 0 Å². The summed E-state index contributed by atoms with van der Waals surface area (Å²) in [6.45, 7) is 0. The largest absolute Gasteiger partial charge is 0.310 e. The van der Waals surface area contributed by atoms with Crippen molar-refractivity contribution in [3.05, 3.63) is 311 Å². The van der Waals surface area contributed by atoms with Gasteiger partial charge in [0.05, 0.1) is 33.2 Å². The molecule has 1 spiro atoms. The highest BCUT2D eigenvalue weighted by Gasteiger charge is 2.51. The van der Waals surface area contributed by atoms with Gasteiger partial charge in [-0.25, -0.2) is 0 Å². The van der Waals surface area contributed by atoms with Crippen LogP contribution in [0.25, 0.3) is 60.9 Å². The Morgan fingerprint density at radius 1 is 0.314 bits per heavy atom. The van der Waals surface area contributed by atoms with Crippen LogP contribution in [-0.2, 0) is 10.8 Å². The number of fused-ring (bicyclic) bond motifs is 15. The van der Waals surface area contributed by atoms with Crippen LogP contribution in [0.4, 0.5) is 17.1 Å². The van der Waals surface area contributed by atoms with Crippen molar-refractivity contribution in [3.63, 3.8) is 0 Å². The van der Waals surface area contributed by atoms with E-state index in [4.69, 9.17) is 0 Å². The second-order valence-electron chi connectivity index (χ2n) is 19.1. The Labute approximate surface area is 407 Å². The van der Waals surface area contributed by atoms with Gasteiger partial charge in [-0.1, -0.05) is 231 Å². The van der Waals surface area contributed by atoms with Crippen molar-refractivity contribution >= 4 is 38.9 Å². The fraction of sp³-hybridized carbons (Fsp3) is 0.0294. The topological polar surface area (TPSA) is 8.17 Å². The van der Waals surface area contributed by atoms with Gasteiger partial charge in [0.1, 0.15) is 0 Å². The van der Waals surface area contributed by atoms with Gasteiger partial charge in [-0.2, -0.15) is 0 Å². The highest BCUT2D eigenvalue weighted by molar-refractivity contribution is 6.13. The minimum absolute atomic E-state index is 0.537. The first kappa shape index (κ1) is 39.1. The van der Waals surface area contributed by atoms with E-state index in [0.717, 1.165) is 17.1 Å². The summed E-state index contributed by atoms with van der Waals surface area (Å²) in [5.74, 6) is 0. The fourth-order valence-corrected chi connectivity index (χ4v) is 13.2. The molecular weight excluding hydrogens is 845 g/mol. The average Bonchev–Trinajstić information content (AvgIpc) is 4.06. The molecular formula is C68H44N2. The summed E-state index contributed by atoms with van der Waals surface area (Å²) in [6.07, 6.45) is 0. The molecule has 1 aliphatic heterocycles. The van der Waals surface area contributed by atoms with Gasteiger partial charge in [-0.3, -0.25) is 0 Å². The lowest BCUT2D eigenvalue weighted by Crippen LogP contribution is -2.33. The Kier molecular flexibility index (Phi) is 8.24. The molecule has 0 atom stereocenters. The Morgan fingerprint density at radius 2 is 0.814 bits per heavy atom. The van der Waals surface area contributed by atoms with Gasteiger partial charge < -0.3 is 9.47 Å². The van der Waals surface area contributed by atoms with Gasteiger partial charge in [-0.05, 0) is 109 Å². The Balaban J connectivity index is 1.05. The minimum atomic E-state index is -0.543. The molecule has 326 valence electrons. The van der Waals surface area contributed by atoms with Crippen LogP contribution in [0.1, 0.15) is 44.5 Å². The standard InChI is InChI=1S/C68H44N2/c1-4-20-45(21-5-1)46-38-40-49(41-39-46)69(63-37-19-34-60-65(63)55-29-12-16-33-58(55)67(60,47-22-6-2-7-23-47)48-24-8-3-9-25-48)50-42-43-59-64(44-50)70-62-36-17-13-28-53(62)54-30-18-35-61(66(54)70)68(59)56-31-14-10-26-51(56)52-27-11-15-32-57(52)68/h1-44H. The summed E-state index contributed by atoms with van der Waals surface area (Å²) in [4.78, 5) is 2.53. The second-order valence-corrected chi connectivity index (χ2v) is 19.1. The SMILES string of the molecule is c1ccc(-c2ccc(N(c3ccc4c(c3)-n3c5ccccc5c5cccc(c53)C43c4ccccc4-c4ccccc43)c3cccc4c3-c3ccccc3C4(c3ccccc3)c3ccccc3)cc2)cc1. The molecule has 0 N–H and O–H groups in total. The predicted octanol–water partition coefficient (Wildman–Crippen LogP) is 17.0. The van der Waals surface area contributed by atoms with Crippen molar-refractivity contribution in [1.82, 2.24) is 4.57 Å². The summed E-state index contributed by atoms with van der Waals surface area (Å²) in [7, 11) is 0. The summed E-state index contributed by atoms with van der Waals surface area (Å²) in [5.41, 5.74) is 23.7. The molecule has 0 unspecified atom stereocenters. The Morgan fingerprint density at radius 3 is 1.50 bits per heavy atom. The number of benzene rings is 11. The zero-order chi connectivity index (χ0) is 46.0. The molecule has 2 heteroatoms. The van der Waals surface area contributed by atoms with Gasteiger partial charge in [0.15, 0.2) is 0 Å². The lowest BCUT2D eigenvalue weighted by molar-refractivity contribution is 0.748. The van der Waals surface area contributed by atoms with E-state index in [1.165, 1.54) is 105 Å². The maximum absolute atomic E-state index is 2.57. The van der Waals surface area contributed by atoms with Crippen LogP contribution in [0, 0.1) is 0 Å². The first-order chi connectivity index (χ1) is 34.8. The first-order valence-electron chi connectivity index (χ1n) is 24.4. The average molecular weight is 889 g/mol. The van der Waals surface area contributed by atoms with Crippen LogP contribution >= 0.6 is 0 Å². The minimum Gasteiger partial charge on any atom is -0.310 e. The zero-order valence-electron chi connectivity index (χ0n) is 38.3. The molecule has 12 aromatic rings. The second kappa shape index (κ2) is 14.8. The molecule has 0 saturated heterocycles. The zero-order valence-corrected chi connectivity index (χ0v) is 38.3. The lowest BCUT2D eigenvalue weighted by atomic mass is 9.65. The molecule has 0 saturated carbocycles. The van der Waals surface area contributed by atoms with Crippen LogP contribution in [0.15, 0.2) is 267 Å². The number of para-hydroxylation sites is 2. The summed E-state index contributed by atoms with van der Waals surface area (Å²) in [6, 6.07) is 99.8. The van der Waals surface area contributed by atoms with E-state index in [1.54, 1.807) is 0 Å². The van der Waals surface area contributed by atoms with Crippen LogP contribution in [0.2, 0.25) is 0 Å². The van der Waals surface area contributed by atoms with Crippen molar-refractivity contribution in [1.29, 1.82) is 0 Å². The molecule has 1 aromatic heterocycles. The van der Waals surface area contributed by atoms with Crippen LogP contribution in [0.3, 0.4) is 0 Å². The third kappa shape index (κ3) is 5.07. The molecule has 0 radical (unpaired) electrons. The monoisotopic (exact) mass is 888 g/mol. The third-order valence-electron chi connectivity index (χ3n) is 15.9. The van der Waals surface area contributed by atoms with Gasteiger partial charge >= 0.3 is 0 Å². The fourth-order valence-electron chi connectivity index (χ4n) is 13.2. The summed E-state index contributed by atoms with van der Waals surface area (Å²) < 4.78 is 2.57. The summed E-state index contributed by atoms with van der Waals surface area (Å²) in [5, 5.41) is 2.53. The number of hydrogen-bond donors (Lipinski definition) is 0. The van der Waals surface area contributed by atoms with Crippen LogP contribution in [0.5, 0.6) is 0 Å². The van der Waals surface area contributed by atoms with E-state index in [2.05, 4.69) is 276 Å². The number of aromatic nitrogens is 1. The molecule has 70 heavy (non-hydrogen) atoms. The van der Waals surface area contributed by atoms with Crippen LogP contribution in [-0.4, -0.2) is 4.57 Å². The molecule has 0 fully saturated rings. The van der Waals surface area contributed by atoms with Crippen molar-refractivity contribution in [2.75, 3.05) is 4.90 Å². The van der Waals surface area contributed by atoms with E-state index < -0.39 is 10.8 Å². The van der Waals surface area contributed by atoms with Crippen molar-refractivity contribution in [2.45, 2.75) is 10.8 Å². The van der Waals surface area contributed by atoms with E-state index in [0.29, 0.717) is 0 Å². The van der Waals surface area contributed by atoms with E-state index in [1.807, 2.05) is 0 Å². The molecule has 15 rings (SSSR count). The molecule has 11 aromatic carbocycles. The smallest absolute Gasteiger partial charge is 0.0754 e. The van der Waals surface area contributed by atoms with E-state index in [-0.39, 0.29) is 0 Å². The molecule has 0 bridgehead atoms. The van der Waals surface area contributed by atoms with E-state index in [9.17, 15) is 0 Å². The van der Waals surface area contributed by atoms with Gasteiger partial charge in [0, 0.05) is 27.7 Å². The Bertz CT molecular complexity index is 3970. The maximum Gasteiger partial charge on any atom is 0.0754 e. The highest BCUT2D eigenvalue weighted by Crippen LogP contribution is 2.63. The third-order valence-corrected chi connectivity index (χ3v) is 15.9. The van der Waals surface area contributed by atoms with Gasteiger partial charge in [0.25, 0.3) is 0 Å². The number of hydrogen-bond acceptors (Lipinski definition) is 1. The maximum atomic E-state index is 2.57. The number of nitrogens with zero attached hydrogens (tertiary/aromatic N) is 2. The van der Waals surface area contributed by atoms with E-state index >= 15 is 0 Å². The molecule has 2 heterocycles. The normalized spacial score (nSPS) is 13.9. The summed E-state index contributed by atoms with van der Waals surface area (Å²) >= 11 is 0.